The highest BCUT2D eigenvalue weighted by Gasteiger charge is 2.47. The second-order valence-corrected chi connectivity index (χ2v) is 6.54. The summed E-state index contributed by atoms with van der Waals surface area (Å²) in [6.45, 7) is 7.08. The molecule has 0 aromatic rings. The van der Waals surface area contributed by atoms with E-state index in [0.717, 1.165) is 32.1 Å². The molecule has 2 aliphatic rings. The minimum Gasteiger partial charge on any atom is -0.374 e. The van der Waals surface area contributed by atoms with Crippen LogP contribution in [-0.2, 0) is 14.3 Å². The lowest BCUT2D eigenvalue weighted by atomic mass is 9.79. The summed E-state index contributed by atoms with van der Waals surface area (Å²) in [6.07, 6.45) is 4.70. The van der Waals surface area contributed by atoms with Crippen LogP contribution in [0.25, 0.3) is 0 Å². The Morgan fingerprint density at radius 3 is 2.50 bits per heavy atom. The summed E-state index contributed by atoms with van der Waals surface area (Å²) in [7, 11) is 0. The number of hydrogen-bond acceptors (Lipinski definition) is 3. The lowest BCUT2D eigenvalue weighted by Gasteiger charge is -2.45. The molecule has 5 nitrogen and oxygen atoms in total. The van der Waals surface area contributed by atoms with E-state index < -0.39 is 11.1 Å². The molecule has 5 heteroatoms. The molecule has 2 rings (SSSR count). The van der Waals surface area contributed by atoms with Crippen LogP contribution >= 0.6 is 0 Å². The lowest BCUT2D eigenvalue weighted by Crippen LogP contribution is -2.68. The van der Waals surface area contributed by atoms with Gasteiger partial charge >= 0.3 is 0 Å². The molecule has 1 aliphatic heterocycles. The minimum absolute atomic E-state index is 0.0428. The molecular formula is C15H26N2O3. The first-order valence-corrected chi connectivity index (χ1v) is 7.63. The highest BCUT2D eigenvalue weighted by molar-refractivity contribution is 5.98. The van der Waals surface area contributed by atoms with E-state index in [2.05, 4.69) is 5.32 Å². The van der Waals surface area contributed by atoms with Gasteiger partial charge in [-0.05, 0) is 33.6 Å². The maximum absolute atomic E-state index is 12.8. The van der Waals surface area contributed by atoms with Crippen LogP contribution in [0.3, 0.4) is 0 Å². The molecule has 0 atom stereocenters. The number of carbonyl (C=O) groups excluding carboxylic acids is 2. The Kier molecular flexibility index (Phi) is 4.37. The Bertz CT molecular complexity index is 387. The van der Waals surface area contributed by atoms with Crippen molar-refractivity contribution in [1.29, 1.82) is 0 Å². The number of nitrogens with one attached hydrogen (secondary N) is 1. The second-order valence-electron chi connectivity index (χ2n) is 6.54. The third-order valence-corrected chi connectivity index (χ3v) is 4.22. The predicted molar refractivity (Wildman–Crippen MR) is 76.2 cm³/mol. The maximum atomic E-state index is 12.8. The highest BCUT2D eigenvalue weighted by atomic mass is 16.5. The first-order valence-electron chi connectivity index (χ1n) is 7.63. The zero-order valence-corrected chi connectivity index (χ0v) is 12.8. The topological polar surface area (TPSA) is 58.6 Å². The van der Waals surface area contributed by atoms with E-state index in [1.54, 1.807) is 4.90 Å². The van der Waals surface area contributed by atoms with Crippen molar-refractivity contribution in [2.45, 2.75) is 64.0 Å². The number of hydrogen-bond donors (Lipinski definition) is 1. The highest BCUT2D eigenvalue weighted by Crippen LogP contribution is 2.32. The fourth-order valence-electron chi connectivity index (χ4n) is 3.43. The van der Waals surface area contributed by atoms with Crippen molar-refractivity contribution in [2.75, 3.05) is 19.7 Å². The summed E-state index contributed by atoms with van der Waals surface area (Å²) in [5.74, 6) is 0.0309. The molecule has 1 saturated carbocycles. The number of rotatable bonds is 4. The molecule has 2 amide bonds. The van der Waals surface area contributed by atoms with E-state index in [4.69, 9.17) is 4.74 Å². The van der Waals surface area contributed by atoms with Crippen molar-refractivity contribution < 1.29 is 14.3 Å². The SMILES string of the molecule is CCOC(C)(C)CN1CC(=O)NC2(CCCCC2)C1=O. The van der Waals surface area contributed by atoms with Crippen LogP contribution in [-0.4, -0.2) is 47.6 Å². The third kappa shape index (κ3) is 3.14. The molecule has 114 valence electrons. The molecule has 1 saturated heterocycles. The van der Waals surface area contributed by atoms with Gasteiger partial charge in [-0.25, -0.2) is 0 Å². The average molecular weight is 282 g/mol. The van der Waals surface area contributed by atoms with Crippen molar-refractivity contribution in [3.05, 3.63) is 0 Å². The Morgan fingerprint density at radius 2 is 1.90 bits per heavy atom. The van der Waals surface area contributed by atoms with E-state index in [-0.39, 0.29) is 18.4 Å². The van der Waals surface area contributed by atoms with Crippen LogP contribution in [0, 0.1) is 0 Å². The van der Waals surface area contributed by atoms with Gasteiger partial charge in [0, 0.05) is 13.2 Å². The predicted octanol–water partition coefficient (Wildman–Crippen LogP) is 1.46. The van der Waals surface area contributed by atoms with Gasteiger partial charge in [0.05, 0.1) is 12.1 Å². The summed E-state index contributed by atoms with van der Waals surface area (Å²) < 4.78 is 5.67. The van der Waals surface area contributed by atoms with E-state index in [1.807, 2.05) is 20.8 Å². The Balaban J connectivity index is 2.13. The second kappa shape index (κ2) is 5.72. The number of amides is 2. The molecule has 2 fully saturated rings. The summed E-state index contributed by atoms with van der Waals surface area (Å²) in [6, 6.07) is 0. The van der Waals surface area contributed by atoms with Gasteiger partial charge in [0.2, 0.25) is 11.8 Å². The largest absolute Gasteiger partial charge is 0.374 e. The number of carbonyl (C=O) groups is 2. The Morgan fingerprint density at radius 1 is 1.25 bits per heavy atom. The molecule has 0 unspecified atom stereocenters. The zero-order valence-electron chi connectivity index (χ0n) is 12.8. The lowest BCUT2D eigenvalue weighted by molar-refractivity contribution is -0.155. The van der Waals surface area contributed by atoms with Gasteiger partial charge in [-0.2, -0.15) is 0 Å². The first kappa shape index (κ1) is 15.3. The van der Waals surface area contributed by atoms with Gasteiger partial charge in [-0.3, -0.25) is 9.59 Å². The van der Waals surface area contributed by atoms with Gasteiger partial charge in [-0.15, -0.1) is 0 Å². The fraction of sp³-hybridized carbons (Fsp3) is 0.867. The number of ether oxygens (including phenoxy) is 1. The quantitative estimate of drug-likeness (QED) is 0.849. The molecule has 0 aromatic carbocycles. The van der Waals surface area contributed by atoms with Crippen LogP contribution in [0.15, 0.2) is 0 Å². The molecule has 0 aromatic heterocycles. The van der Waals surface area contributed by atoms with Gasteiger partial charge in [-0.1, -0.05) is 19.3 Å². The summed E-state index contributed by atoms with van der Waals surface area (Å²) >= 11 is 0. The molecule has 1 spiro atoms. The molecule has 1 aliphatic carbocycles. The van der Waals surface area contributed by atoms with E-state index in [1.165, 1.54) is 0 Å². The van der Waals surface area contributed by atoms with Crippen LogP contribution in [0.2, 0.25) is 0 Å². The molecule has 20 heavy (non-hydrogen) atoms. The van der Waals surface area contributed by atoms with Gasteiger partial charge in [0.15, 0.2) is 0 Å². The van der Waals surface area contributed by atoms with Crippen molar-refractivity contribution in [2.24, 2.45) is 0 Å². The normalized spacial score (nSPS) is 23.1. The van der Waals surface area contributed by atoms with Gasteiger partial charge < -0.3 is 15.0 Å². The van der Waals surface area contributed by atoms with E-state index in [9.17, 15) is 9.59 Å². The standard InChI is InChI=1S/C15H26N2O3/c1-4-20-14(2,3)11-17-10-12(18)16-15(13(17)19)8-6-5-7-9-15/h4-11H2,1-3H3,(H,16,18). The van der Waals surface area contributed by atoms with Crippen LogP contribution in [0.4, 0.5) is 0 Å². The average Bonchev–Trinajstić information content (AvgIpc) is 2.36. The first-order chi connectivity index (χ1) is 9.38. The molecule has 0 radical (unpaired) electrons. The smallest absolute Gasteiger partial charge is 0.248 e. The van der Waals surface area contributed by atoms with E-state index >= 15 is 0 Å². The Hall–Kier alpha value is -1.10. The van der Waals surface area contributed by atoms with Crippen molar-refractivity contribution in [1.82, 2.24) is 10.2 Å². The summed E-state index contributed by atoms with van der Waals surface area (Å²) in [4.78, 5) is 26.5. The Labute approximate surface area is 121 Å². The summed E-state index contributed by atoms with van der Waals surface area (Å²) in [5.41, 5.74) is -1.06. The minimum atomic E-state index is -0.643. The van der Waals surface area contributed by atoms with Crippen molar-refractivity contribution in [3.8, 4) is 0 Å². The maximum Gasteiger partial charge on any atom is 0.248 e. The van der Waals surface area contributed by atoms with E-state index in [0.29, 0.717) is 13.2 Å². The van der Waals surface area contributed by atoms with Crippen LogP contribution in [0.5, 0.6) is 0 Å². The monoisotopic (exact) mass is 282 g/mol. The summed E-state index contributed by atoms with van der Waals surface area (Å²) in [5, 5.41) is 2.96. The van der Waals surface area contributed by atoms with Crippen LogP contribution in [0.1, 0.15) is 52.9 Å². The third-order valence-electron chi connectivity index (χ3n) is 4.22. The van der Waals surface area contributed by atoms with Crippen molar-refractivity contribution >= 4 is 11.8 Å². The van der Waals surface area contributed by atoms with Crippen LogP contribution < -0.4 is 5.32 Å². The number of nitrogens with zero attached hydrogens (tertiary/aromatic N) is 1. The van der Waals surface area contributed by atoms with Gasteiger partial charge in [0.1, 0.15) is 5.54 Å². The molecule has 1 N–H and O–H groups in total. The van der Waals surface area contributed by atoms with Gasteiger partial charge in [0.25, 0.3) is 0 Å². The number of piperazine rings is 1. The van der Waals surface area contributed by atoms with Crippen molar-refractivity contribution in [3.63, 3.8) is 0 Å². The fourth-order valence-corrected chi connectivity index (χ4v) is 3.43. The molecule has 0 bridgehead atoms. The molecular weight excluding hydrogens is 256 g/mol. The zero-order chi connectivity index (χ0) is 14.8. The molecule has 1 heterocycles.